The Morgan fingerprint density at radius 2 is 1.95 bits per heavy atom. The molecule has 6 nitrogen and oxygen atoms in total. The average molecular weight is 309 g/mol. The van der Waals surface area contributed by atoms with E-state index in [2.05, 4.69) is 9.71 Å². The molecule has 0 atom stereocenters. The molecule has 2 rings (SSSR count). The maximum absolute atomic E-state index is 12.4. The molecule has 7 heteroatoms. The summed E-state index contributed by atoms with van der Waals surface area (Å²) < 4.78 is 32.8. The van der Waals surface area contributed by atoms with E-state index in [9.17, 15) is 8.42 Å². The number of hydrogen-bond donors (Lipinski definition) is 2. The quantitative estimate of drug-likeness (QED) is 0.873. The van der Waals surface area contributed by atoms with Crippen molar-refractivity contribution in [2.24, 2.45) is 5.73 Å². The largest absolute Gasteiger partial charge is 0.465 e. The topological polar surface area (TPSA) is 98.2 Å². The van der Waals surface area contributed by atoms with Gasteiger partial charge in [-0.15, -0.1) is 0 Å². The Morgan fingerprint density at radius 1 is 1.24 bits per heavy atom. The highest BCUT2D eigenvalue weighted by atomic mass is 32.2. The van der Waals surface area contributed by atoms with Crippen molar-refractivity contribution >= 4 is 10.0 Å². The third-order valence-electron chi connectivity index (χ3n) is 3.24. The molecule has 0 amide bonds. The third kappa shape index (κ3) is 3.31. The second kappa shape index (κ2) is 5.97. The molecule has 0 radical (unpaired) electrons. The van der Waals surface area contributed by atoms with Crippen molar-refractivity contribution in [2.45, 2.75) is 38.8 Å². The van der Waals surface area contributed by atoms with Crippen LogP contribution in [0.15, 0.2) is 27.6 Å². The van der Waals surface area contributed by atoms with Crippen LogP contribution in [0.2, 0.25) is 0 Å². The van der Waals surface area contributed by atoms with Crippen LogP contribution in [0.4, 0.5) is 0 Å². The number of sulfonamides is 1. The summed E-state index contributed by atoms with van der Waals surface area (Å²) >= 11 is 0. The van der Waals surface area contributed by atoms with Gasteiger partial charge in [-0.2, -0.15) is 0 Å². The van der Waals surface area contributed by atoms with Gasteiger partial charge in [0.2, 0.25) is 10.0 Å². The van der Waals surface area contributed by atoms with Crippen LogP contribution < -0.4 is 10.5 Å². The van der Waals surface area contributed by atoms with E-state index in [0.29, 0.717) is 17.1 Å². The Morgan fingerprint density at radius 3 is 2.52 bits per heavy atom. The molecule has 0 saturated carbocycles. The first-order chi connectivity index (χ1) is 9.85. The van der Waals surface area contributed by atoms with Gasteiger partial charge in [0.25, 0.3) is 0 Å². The molecule has 0 aliphatic heterocycles. The average Bonchev–Trinajstić information content (AvgIpc) is 2.73. The summed E-state index contributed by atoms with van der Waals surface area (Å²) in [6.45, 7) is 5.49. The fraction of sp³-hybridized carbons (Fsp3) is 0.357. The van der Waals surface area contributed by atoms with Gasteiger partial charge in [0, 0.05) is 30.5 Å². The van der Waals surface area contributed by atoms with Crippen LogP contribution >= 0.6 is 0 Å². The summed E-state index contributed by atoms with van der Waals surface area (Å²) in [7, 11) is -3.67. The summed E-state index contributed by atoms with van der Waals surface area (Å²) in [5, 5.41) is 0. The van der Waals surface area contributed by atoms with E-state index in [-0.39, 0.29) is 18.0 Å². The second-order valence-electron chi connectivity index (χ2n) is 4.86. The molecule has 21 heavy (non-hydrogen) atoms. The molecular formula is C14H19N3O3S. The van der Waals surface area contributed by atoms with Gasteiger partial charge in [0.05, 0.1) is 0 Å². The van der Waals surface area contributed by atoms with E-state index in [1.807, 2.05) is 19.1 Å². The molecule has 0 saturated heterocycles. The Kier molecular flexibility index (Phi) is 4.46. The van der Waals surface area contributed by atoms with Crippen LogP contribution in [-0.2, 0) is 23.1 Å². The van der Waals surface area contributed by atoms with Crippen molar-refractivity contribution in [1.29, 1.82) is 0 Å². The maximum atomic E-state index is 12.4. The van der Waals surface area contributed by atoms with Crippen LogP contribution in [-0.4, -0.2) is 13.4 Å². The van der Waals surface area contributed by atoms with Gasteiger partial charge in [-0.3, -0.25) is 4.98 Å². The lowest BCUT2D eigenvalue weighted by Gasteiger charge is -2.08. The van der Waals surface area contributed by atoms with Crippen LogP contribution in [0.1, 0.15) is 28.3 Å². The van der Waals surface area contributed by atoms with Crippen molar-refractivity contribution in [2.75, 3.05) is 0 Å². The summed E-state index contributed by atoms with van der Waals surface area (Å²) in [6, 6.07) is 3.67. The third-order valence-corrected chi connectivity index (χ3v) is 4.83. The molecule has 0 spiro atoms. The number of aryl methyl sites for hydroxylation is 3. The highest BCUT2D eigenvalue weighted by Crippen LogP contribution is 2.26. The lowest BCUT2D eigenvalue weighted by atomic mass is 10.2. The Labute approximate surface area is 124 Å². The minimum atomic E-state index is -3.67. The van der Waals surface area contributed by atoms with Crippen molar-refractivity contribution in [3.05, 3.63) is 46.7 Å². The Hall–Kier alpha value is -1.70. The first-order valence-corrected chi connectivity index (χ1v) is 8.03. The summed E-state index contributed by atoms with van der Waals surface area (Å²) in [5.41, 5.74) is 7.81. The molecule has 2 aromatic rings. The molecule has 2 aromatic heterocycles. The Balaban J connectivity index is 2.25. The summed E-state index contributed by atoms with van der Waals surface area (Å²) in [5.74, 6) is 0.884. The van der Waals surface area contributed by atoms with E-state index in [4.69, 9.17) is 10.2 Å². The SMILES string of the molecule is Cc1ccc(CNS(=O)(=O)c2c(C)oc(C)c2CN)cn1. The van der Waals surface area contributed by atoms with Crippen molar-refractivity contribution in [3.63, 3.8) is 0 Å². The highest BCUT2D eigenvalue weighted by Gasteiger charge is 2.25. The summed E-state index contributed by atoms with van der Waals surface area (Å²) in [4.78, 5) is 4.28. The van der Waals surface area contributed by atoms with Gasteiger partial charge in [-0.25, -0.2) is 13.1 Å². The predicted molar refractivity (Wildman–Crippen MR) is 79.1 cm³/mol. The fourth-order valence-corrected chi connectivity index (χ4v) is 3.62. The number of rotatable bonds is 5. The van der Waals surface area contributed by atoms with Crippen LogP contribution in [0, 0.1) is 20.8 Å². The normalized spacial score (nSPS) is 11.8. The minimum Gasteiger partial charge on any atom is -0.465 e. The van der Waals surface area contributed by atoms with Crippen LogP contribution in [0.25, 0.3) is 0 Å². The van der Waals surface area contributed by atoms with Crippen LogP contribution in [0.3, 0.4) is 0 Å². The van der Waals surface area contributed by atoms with Gasteiger partial charge in [0.15, 0.2) is 0 Å². The summed E-state index contributed by atoms with van der Waals surface area (Å²) in [6.07, 6.45) is 1.65. The fourth-order valence-electron chi connectivity index (χ4n) is 2.15. The van der Waals surface area contributed by atoms with E-state index in [0.717, 1.165) is 11.3 Å². The predicted octanol–water partition coefficient (Wildman–Crippen LogP) is 1.54. The number of nitrogens with zero attached hydrogens (tertiary/aromatic N) is 1. The van der Waals surface area contributed by atoms with Gasteiger partial charge >= 0.3 is 0 Å². The molecule has 2 heterocycles. The van der Waals surface area contributed by atoms with Gasteiger partial charge < -0.3 is 10.2 Å². The van der Waals surface area contributed by atoms with Crippen molar-refractivity contribution in [3.8, 4) is 0 Å². The standard InChI is InChI=1S/C14H19N3O3S/c1-9-4-5-12(7-16-9)8-17-21(18,19)14-11(3)20-10(2)13(14)6-15/h4-5,7,17H,6,8,15H2,1-3H3. The van der Waals surface area contributed by atoms with Gasteiger partial charge in [-0.1, -0.05) is 6.07 Å². The Bertz CT molecular complexity index is 734. The number of nitrogens with two attached hydrogens (primary N) is 1. The van der Waals surface area contributed by atoms with E-state index in [1.54, 1.807) is 20.0 Å². The lowest BCUT2D eigenvalue weighted by molar-refractivity contribution is 0.494. The molecule has 0 aliphatic rings. The molecular weight excluding hydrogens is 290 g/mol. The molecule has 0 unspecified atom stereocenters. The number of nitrogens with one attached hydrogen (secondary N) is 1. The van der Waals surface area contributed by atoms with Gasteiger partial charge in [-0.05, 0) is 32.4 Å². The minimum absolute atomic E-state index is 0.117. The van der Waals surface area contributed by atoms with E-state index < -0.39 is 10.0 Å². The number of pyridine rings is 1. The second-order valence-corrected chi connectivity index (χ2v) is 6.56. The first-order valence-electron chi connectivity index (χ1n) is 6.55. The van der Waals surface area contributed by atoms with Gasteiger partial charge in [0.1, 0.15) is 16.4 Å². The molecule has 0 fully saturated rings. The molecule has 0 aliphatic carbocycles. The zero-order valence-corrected chi connectivity index (χ0v) is 13.1. The highest BCUT2D eigenvalue weighted by molar-refractivity contribution is 7.89. The monoisotopic (exact) mass is 309 g/mol. The zero-order valence-electron chi connectivity index (χ0n) is 12.3. The smallest absolute Gasteiger partial charge is 0.244 e. The number of aromatic nitrogens is 1. The van der Waals surface area contributed by atoms with E-state index in [1.165, 1.54) is 0 Å². The van der Waals surface area contributed by atoms with E-state index >= 15 is 0 Å². The number of furan rings is 1. The molecule has 3 N–H and O–H groups in total. The molecule has 114 valence electrons. The number of hydrogen-bond acceptors (Lipinski definition) is 5. The zero-order chi connectivity index (χ0) is 15.6. The first kappa shape index (κ1) is 15.7. The lowest BCUT2D eigenvalue weighted by Crippen LogP contribution is -2.25. The molecule has 0 aromatic carbocycles. The van der Waals surface area contributed by atoms with Crippen molar-refractivity contribution in [1.82, 2.24) is 9.71 Å². The maximum Gasteiger partial charge on any atom is 0.244 e. The van der Waals surface area contributed by atoms with Crippen LogP contribution in [0.5, 0.6) is 0 Å². The molecule has 0 bridgehead atoms. The van der Waals surface area contributed by atoms with Crippen molar-refractivity contribution < 1.29 is 12.8 Å².